The van der Waals surface area contributed by atoms with Gasteiger partial charge in [-0.15, -0.1) is 0 Å². The molecule has 1 nitrogen and oxygen atoms in total. The van der Waals surface area contributed by atoms with E-state index in [0.717, 1.165) is 0 Å². The SMILES string of the molecule is CCC(C1=C(C)C(C)=C(C)C1C)N(C)C. The number of hydrogen-bond donors (Lipinski definition) is 0. The number of rotatable bonds is 3. The molecule has 2 atom stereocenters. The predicted molar refractivity (Wildman–Crippen MR) is 68.0 cm³/mol. The van der Waals surface area contributed by atoms with Gasteiger partial charge in [-0.05, 0) is 58.0 Å². The Hall–Kier alpha value is -0.560. The molecule has 0 saturated carbocycles. The van der Waals surface area contributed by atoms with Crippen LogP contribution in [0.2, 0.25) is 0 Å². The molecule has 1 aliphatic carbocycles. The lowest BCUT2D eigenvalue weighted by atomic mass is 9.90. The van der Waals surface area contributed by atoms with Crippen molar-refractivity contribution in [2.45, 2.75) is 47.1 Å². The van der Waals surface area contributed by atoms with Gasteiger partial charge >= 0.3 is 0 Å². The van der Waals surface area contributed by atoms with Crippen molar-refractivity contribution in [3.8, 4) is 0 Å². The third kappa shape index (κ3) is 2.03. The van der Waals surface area contributed by atoms with Crippen LogP contribution in [0.4, 0.5) is 0 Å². The molecule has 1 aliphatic rings. The van der Waals surface area contributed by atoms with Crippen LogP contribution in [-0.4, -0.2) is 25.0 Å². The highest BCUT2D eigenvalue weighted by molar-refractivity contribution is 5.48. The molecule has 86 valence electrons. The summed E-state index contributed by atoms with van der Waals surface area (Å²) >= 11 is 0. The summed E-state index contributed by atoms with van der Waals surface area (Å²) in [6, 6.07) is 0.604. The van der Waals surface area contributed by atoms with Crippen LogP contribution >= 0.6 is 0 Å². The van der Waals surface area contributed by atoms with Crippen molar-refractivity contribution in [1.29, 1.82) is 0 Å². The molecule has 0 radical (unpaired) electrons. The maximum absolute atomic E-state index is 2.35. The zero-order chi connectivity index (χ0) is 11.7. The van der Waals surface area contributed by atoms with Gasteiger partial charge in [-0.2, -0.15) is 0 Å². The van der Waals surface area contributed by atoms with Crippen LogP contribution < -0.4 is 0 Å². The van der Waals surface area contributed by atoms with Crippen molar-refractivity contribution in [2.24, 2.45) is 5.92 Å². The number of nitrogens with zero attached hydrogens (tertiary/aromatic N) is 1. The van der Waals surface area contributed by atoms with Gasteiger partial charge in [-0.25, -0.2) is 0 Å². The summed E-state index contributed by atoms with van der Waals surface area (Å²) in [5.41, 5.74) is 6.23. The Balaban J connectivity index is 3.08. The second-order valence-electron chi connectivity index (χ2n) is 5.00. The maximum atomic E-state index is 2.35. The van der Waals surface area contributed by atoms with Gasteiger partial charge in [0, 0.05) is 12.0 Å². The number of hydrogen-bond acceptors (Lipinski definition) is 1. The van der Waals surface area contributed by atoms with Crippen LogP contribution in [0.1, 0.15) is 41.0 Å². The summed E-state index contributed by atoms with van der Waals surface area (Å²) in [6.45, 7) is 11.4. The van der Waals surface area contributed by atoms with Gasteiger partial charge in [0.15, 0.2) is 0 Å². The minimum atomic E-state index is 0.604. The summed E-state index contributed by atoms with van der Waals surface area (Å²) in [5.74, 6) is 0.636. The summed E-state index contributed by atoms with van der Waals surface area (Å²) in [4.78, 5) is 2.35. The topological polar surface area (TPSA) is 3.24 Å². The van der Waals surface area contributed by atoms with Gasteiger partial charge in [-0.3, -0.25) is 0 Å². The molecular weight excluding hydrogens is 182 g/mol. The minimum absolute atomic E-state index is 0.604. The highest BCUT2D eigenvalue weighted by atomic mass is 15.1. The van der Waals surface area contributed by atoms with Crippen LogP contribution in [0, 0.1) is 5.92 Å². The first-order valence-electron chi connectivity index (χ1n) is 5.96. The normalized spacial score (nSPS) is 24.4. The van der Waals surface area contributed by atoms with E-state index < -0.39 is 0 Å². The fraction of sp³-hybridized carbons (Fsp3) is 0.714. The van der Waals surface area contributed by atoms with Gasteiger partial charge < -0.3 is 4.90 Å². The fourth-order valence-electron chi connectivity index (χ4n) is 2.80. The van der Waals surface area contributed by atoms with E-state index in [1.165, 1.54) is 17.6 Å². The quantitative estimate of drug-likeness (QED) is 0.683. The highest BCUT2D eigenvalue weighted by Crippen LogP contribution is 2.39. The maximum Gasteiger partial charge on any atom is 0.0310 e. The number of allylic oxidation sites excluding steroid dienone is 3. The number of likely N-dealkylation sites (N-methyl/N-ethyl adjacent to an activating group) is 1. The van der Waals surface area contributed by atoms with Crippen LogP contribution in [0.5, 0.6) is 0 Å². The molecule has 2 unspecified atom stereocenters. The lowest BCUT2D eigenvalue weighted by Crippen LogP contribution is -2.31. The van der Waals surface area contributed by atoms with E-state index in [0.29, 0.717) is 12.0 Å². The first kappa shape index (κ1) is 12.5. The molecule has 0 saturated heterocycles. The average molecular weight is 207 g/mol. The Labute approximate surface area is 94.9 Å². The summed E-state index contributed by atoms with van der Waals surface area (Å²) in [7, 11) is 4.37. The second kappa shape index (κ2) is 4.52. The largest absolute Gasteiger partial charge is 0.303 e. The molecule has 1 rings (SSSR count). The minimum Gasteiger partial charge on any atom is -0.303 e. The molecule has 1 heteroatoms. The van der Waals surface area contributed by atoms with Gasteiger partial charge in [0.1, 0.15) is 0 Å². The van der Waals surface area contributed by atoms with Crippen molar-refractivity contribution in [3.63, 3.8) is 0 Å². The van der Waals surface area contributed by atoms with Gasteiger partial charge in [0.05, 0.1) is 0 Å². The summed E-state index contributed by atoms with van der Waals surface area (Å²) in [5, 5.41) is 0. The van der Waals surface area contributed by atoms with Crippen LogP contribution in [0.15, 0.2) is 22.3 Å². The van der Waals surface area contributed by atoms with Crippen LogP contribution in [-0.2, 0) is 0 Å². The molecule has 0 N–H and O–H groups in total. The van der Waals surface area contributed by atoms with Crippen molar-refractivity contribution >= 4 is 0 Å². The molecule has 0 aromatic heterocycles. The highest BCUT2D eigenvalue weighted by Gasteiger charge is 2.29. The first-order chi connectivity index (χ1) is 6.91. The first-order valence-corrected chi connectivity index (χ1v) is 5.96. The Morgan fingerprint density at radius 1 is 1.13 bits per heavy atom. The molecule has 0 aromatic rings. The summed E-state index contributed by atoms with van der Waals surface area (Å²) < 4.78 is 0. The third-order valence-electron chi connectivity index (χ3n) is 4.07. The Kier molecular flexibility index (Phi) is 3.77. The van der Waals surface area contributed by atoms with Gasteiger partial charge in [-0.1, -0.05) is 19.4 Å². The van der Waals surface area contributed by atoms with E-state index in [-0.39, 0.29) is 0 Å². The standard InChI is InChI=1S/C14H25N/c1-8-13(15(6)7)14-11(4)9(2)10(3)12(14)5/h11,13H,8H2,1-7H3. The molecule has 0 aromatic carbocycles. The van der Waals surface area contributed by atoms with Crippen molar-refractivity contribution in [2.75, 3.05) is 14.1 Å². The predicted octanol–water partition coefficient (Wildman–Crippen LogP) is 3.63. The Bertz CT molecular complexity index is 307. The zero-order valence-electron chi connectivity index (χ0n) is 11.3. The molecule has 0 heterocycles. The van der Waals surface area contributed by atoms with Crippen molar-refractivity contribution in [3.05, 3.63) is 22.3 Å². The van der Waals surface area contributed by atoms with Crippen molar-refractivity contribution in [1.82, 2.24) is 4.90 Å². The van der Waals surface area contributed by atoms with E-state index in [1.54, 1.807) is 11.1 Å². The lowest BCUT2D eigenvalue weighted by Gasteiger charge is -2.28. The fourth-order valence-corrected chi connectivity index (χ4v) is 2.80. The molecule has 0 bridgehead atoms. The summed E-state index contributed by atoms with van der Waals surface area (Å²) in [6.07, 6.45) is 1.20. The third-order valence-corrected chi connectivity index (χ3v) is 4.07. The monoisotopic (exact) mass is 207 g/mol. The molecule has 0 fully saturated rings. The molecule has 0 aliphatic heterocycles. The molecule has 15 heavy (non-hydrogen) atoms. The van der Waals surface area contributed by atoms with E-state index >= 15 is 0 Å². The molecular formula is C14H25N. The van der Waals surface area contributed by atoms with Gasteiger partial charge in [0.2, 0.25) is 0 Å². The Morgan fingerprint density at radius 2 is 1.67 bits per heavy atom. The Morgan fingerprint density at radius 3 is 1.93 bits per heavy atom. The van der Waals surface area contributed by atoms with E-state index in [2.05, 4.69) is 53.6 Å². The smallest absolute Gasteiger partial charge is 0.0310 e. The zero-order valence-corrected chi connectivity index (χ0v) is 11.3. The lowest BCUT2D eigenvalue weighted by molar-refractivity contribution is 0.310. The van der Waals surface area contributed by atoms with E-state index in [4.69, 9.17) is 0 Å². The van der Waals surface area contributed by atoms with E-state index in [1.807, 2.05) is 0 Å². The molecule has 0 amide bonds. The van der Waals surface area contributed by atoms with Gasteiger partial charge in [0.25, 0.3) is 0 Å². The second-order valence-corrected chi connectivity index (χ2v) is 5.00. The van der Waals surface area contributed by atoms with E-state index in [9.17, 15) is 0 Å². The van der Waals surface area contributed by atoms with Crippen LogP contribution in [0.25, 0.3) is 0 Å². The molecule has 0 spiro atoms. The van der Waals surface area contributed by atoms with Crippen molar-refractivity contribution < 1.29 is 0 Å². The van der Waals surface area contributed by atoms with Crippen LogP contribution in [0.3, 0.4) is 0 Å². The average Bonchev–Trinajstić information content (AvgIpc) is 2.36.